The largest absolute Gasteiger partial charge is 0.417 e. The molecule has 0 aliphatic rings. The zero-order valence-corrected chi connectivity index (χ0v) is 14.1. The van der Waals surface area contributed by atoms with Crippen molar-refractivity contribution in [1.82, 2.24) is 24.8 Å². The summed E-state index contributed by atoms with van der Waals surface area (Å²) in [6.45, 7) is 0. The summed E-state index contributed by atoms with van der Waals surface area (Å²) in [5, 5.41) is 14.0. The highest BCUT2D eigenvalue weighted by atomic mass is 19.4. The van der Waals surface area contributed by atoms with Gasteiger partial charge >= 0.3 is 6.18 Å². The van der Waals surface area contributed by atoms with Gasteiger partial charge in [0.15, 0.2) is 11.5 Å². The van der Waals surface area contributed by atoms with Gasteiger partial charge in [0.2, 0.25) is 0 Å². The van der Waals surface area contributed by atoms with Crippen molar-refractivity contribution in [3.8, 4) is 11.3 Å². The first kappa shape index (κ1) is 17.6. The van der Waals surface area contributed by atoms with E-state index in [9.17, 15) is 18.0 Å². The Hall–Kier alpha value is -3.82. The van der Waals surface area contributed by atoms with Crippen LogP contribution < -0.4 is 5.32 Å². The Labute approximate surface area is 155 Å². The third-order valence-electron chi connectivity index (χ3n) is 3.94. The number of anilines is 1. The van der Waals surface area contributed by atoms with Gasteiger partial charge in [-0.3, -0.25) is 4.79 Å². The lowest BCUT2D eigenvalue weighted by Gasteiger charge is -2.12. The first-order valence-corrected chi connectivity index (χ1v) is 8.03. The van der Waals surface area contributed by atoms with E-state index in [2.05, 4.69) is 25.6 Å². The molecule has 0 aliphatic heterocycles. The van der Waals surface area contributed by atoms with Crippen molar-refractivity contribution < 1.29 is 18.0 Å². The van der Waals surface area contributed by atoms with Crippen LogP contribution in [0.2, 0.25) is 0 Å². The number of aromatic nitrogens is 5. The average Bonchev–Trinajstić information content (AvgIpc) is 3.11. The van der Waals surface area contributed by atoms with E-state index < -0.39 is 17.6 Å². The number of fused-ring (bicyclic) bond motifs is 1. The molecule has 1 aromatic carbocycles. The maximum atomic E-state index is 13.3. The second kappa shape index (κ2) is 6.72. The Balaban J connectivity index is 1.77. The zero-order chi connectivity index (χ0) is 19.7. The van der Waals surface area contributed by atoms with Crippen molar-refractivity contribution in [2.45, 2.75) is 6.18 Å². The molecular weight excluding hydrogens is 373 g/mol. The predicted octanol–water partition coefficient (Wildman–Crippen LogP) is 3.46. The highest BCUT2D eigenvalue weighted by molar-refractivity contribution is 6.07. The number of hydrogen-bond acceptors (Lipinski definition) is 5. The SMILES string of the molecule is O=C(Nc1cccnn1)c1cnn2ccc(-c3ccccc3C(F)(F)F)nc12. The first-order chi connectivity index (χ1) is 13.4. The van der Waals surface area contributed by atoms with Crippen LogP contribution in [0.5, 0.6) is 0 Å². The number of rotatable bonds is 3. The fourth-order valence-corrected chi connectivity index (χ4v) is 2.68. The maximum absolute atomic E-state index is 13.3. The van der Waals surface area contributed by atoms with Crippen LogP contribution in [0.4, 0.5) is 19.0 Å². The van der Waals surface area contributed by atoms with Crippen LogP contribution in [-0.4, -0.2) is 30.7 Å². The molecule has 7 nitrogen and oxygen atoms in total. The molecule has 0 radical (unpaired) electrons. The molecule has 1 N–H and O–H groups in total. The second-order valence-electron chi connectivity index (χ2n) is 5.75. The summed E-state index contributed by atoms with van der Waals surface area (Å²) < 4.78 is 41.3. The molecule has 4 aromatic rings. The molecule has 4 rings (SSSR count). The number of nitrogens with one attached hydrogen (secondary N) is 1. The third kappa shape index (κ3) is 3.27. The summed E-state index contributed by atoms with van der Waals surface area (Å²) in [4.78, 5) is 16.8. The molecule has 0 aliphatic carbocycles. The lowest BCUT2D eigenvalue weighted by Crippen LogP contribution is -2.13. The molecule has 0 spiro atoms. The van der Waals surface area contributed by atoms with E-state index in [1.807, 2.05) is 0 Å². The van der Waals surface area contributed by atoms with E-state index >= 15 is 0 Å². The fraction of sp³-hybridized carbons (Fsp3) is 0.0556. The van der Waals surface area contributed by atoms with Gasteiger partial charge in [0.25, 0.3) is 5.91 Å². The van der Waals surface area contributed by atoms with Crippen LogP contribution in [0.3, 0.4) is 0 Å². The molecule has 0 saturated heterocycles. The van der Waals surface area contributed by atoms with Crippen molar-refractivity contribution in [2.24, 2.45) is 0 Å². The summed E-state index contributed by atoms with van der Waals surface area (Å²) in [7, 11) is 0. The van der Waals surface area contributed by atoms with Crippen molar-refractivity contribution in [3.63, 3.8) is 0 Å². The summed E-state index contributed by atoms with van der Waals surface area (Å²) in [6, 6.07) is 9.68. The van der Waals surface area contributed by atoms with Crippen LogP contribution in [-0.2, 0) is 6.18 Å². The monoisotopic (exact) mass is 384 g/mol. The van der Waals surface area contributed by atoms with E-state index in [4.69, 9.17) is 0 Å². The Morgan fingerprint density at radius 3 is 2.64 bits per heavy atom. The van der Waals surface area contributed by atoms with E-state index in [1.165, 1.54) is 47.4 Å². The minimum Gasteiger partial charge on any atom is -0.305 e. The number of alkyl halides is 3. The number of benzene rings is 1. The van der Waals surface area contributed by atoms with Crippen LogP contribution >= 0.6 is 0 Å². The zero-order valence-electron chi connectivity index (χ0n) is 14.1. The minimum atomic E-state index is -4.53. The molecule has 3 aromatic heterocycles. The molecule has 10 heteroatoms. The molecule has 28 heavy (non-hydrogen) atoms. The van der Waals surface area contributed by atoms with Crippen molar-refractivity contribution >= 4 is 17.4 Å². The summed E-state index contributed by atoms with van der Waals surface area (Å²) in [5.74, 6) is -0.324. The fourth-order valence-electron chi connectivity index (χ4n) is 2.68. The minimum absolute atomic E-state index is 0.0782. The standard InChI is InChI=1S/C18H11F3N6O/c19-18(20,21)13-5-2-1-4-11(13)14-7-9-27-16(24-14)12(10-23-27)17(28)25-15-6-3-8-22-26-15/h1-10H,(H,25,26,28). The Kier molecular flexibility index (Phi) is 4.22. The summed E-state index contributed by atoms with van der Waals surface area (Å²) in [5.41, 5.74) is -0.599. The Morgan fingerprint density at radius 1 is 1.07 bits per heavy atom. The lowest BCUT2D eigenvalue weighted by atomic mass is 10.0. The number of halogens is 3. The molecule has 1 amide bonds. The van der Waals surface area contributed by atoms with Gasteiger partial charge in [-0.15, -0.1) is 5.10 Å². The molecule has 0 unspecified atom stereocenters. The molecule has 0 fully saturated rings. The molecule has 0 saturated carbocycles. The van der Waals surface area contributed by atoms with Crippen LogP contribution in [0.25, 0.3) is 16.9 Å². The Bertz CT molecular complexity index is 1160. The van der Waals surface area contributed by atoms with Gasteiger partial charge in [-0.1, -0.05) is 18.2 Å². The van der Waals surface area contributed by atoms with Gasteiger partial charge in [-0.25, -0.2) is 9.50 Å². The molecule has 0 bridgehead atoms. The van der Waals surface area contributed by atoms with Crippen LogP contribution in [0.1, 0.15) is 15.9 Å². The summed E-state index contributed by atoms with van der Waals surface area (Å²) >= 11 is 0. The number of nitrogens with zero attached hydrogens (tertiary/aromatic N) is 5. The molecule has 0 atom stereocenters. The van der Waals surface area contributed by atoms with E-state index in [0.717, 1.165) is 6.07 Å². The summed E-state index contributed by atoms with van der Waals surface area (Å²) in [6.07, 6.45) is -0.342. The second-order valence-corrected chi connectivity index (χ2v) is 5.75. The lowest BCUT2D eigenvalue weighted by molar-refractivity contribution is -0.137. The molecule has 140 valence electrons. The van der Waals surface area contributed by atoms with Crippen molar-refractivity contribution in [2.75, 3.05) is 5.32 Å². The number of hydrogen-bond donors (Lipinski definition) is 1. The van der Waals surface area contributed by atoms with Gasteiger partial charge in [0.1, 0.15) is 5.56 Å². The molecule has 3 heterocycles. The highest BCUT2D eigenvalue weighted by Gasteiger charge is 2.33. The van der Waals surface area contributed by atoms with E-state index in [1.54, 1.807) is 12.1 Å². The maximum Gasteiger partial charge on any atom is 0.417 e. The Morgan fingerprint density at radius 2 is 1.89 bits per heavy atom. The van der Waals surface area contributed by atoms with Crippen LogP contribution in [0, 0.1) is 0 Å². The number of amides is 1. The smallest absolute Gasteiger partial charge is 0.305 e. The van der Waals surface area contributed by atoms with Gasteiger partial charge < -0.3 is 5.32 Å². The van der Waals surface area contributed by atoms with Crippen molar-refractivity contribution in [3.05, 3.63) is 72.2 Å². The quantitative estimate of drug-likeness (QED) is 0.585. The third-order valence-corrected chi connectivity index (χ3v) is 3.94. The average molecular weight is 384 g/mol. The predicted molar refractivity (Wildman–Crippen MR) is 93.4 cm³/mol. The van der Waals surface area contributed by atoms with E-state index in [-0.39, 0.29) is 28.3 Å². The van der Waals surface area contributed by atoms with Crippen molar-refractivity contribution in [1.29, 1.82) is 0 Å². The van der Waals surface area contributed by atoms with Gasteiger partial charge in [-0.2, -0.15) is 23.4 Å². The van der Waals surface area contributed by atoms with Gasteiger partial charge in [0, 0.05) is 18.0 Å². The highest BCUT2D eigenvalue weighted by Crippen LogP contribution is 2.36. The topological polar surface area (TPSA) is 85.1 Å². The van der Waals surface area contributed by atoms with Gasteiger partial charge in [-0.05, 0) is 24.3 Å². The number of carbonyl (C=O) groups is 1. The molecular formula is C18H11F3N6O. The first-order valence-electron chi connectivity index (χ1n) is 8.03. The van der Waals surface area contributed by atoms with Crippen LogP contribution in [0.15, 0.2) is 61.1 Å². The normalized spacial score (nSPS) is 11.5. The van der Waals surface area contributed by atoms with E-state index in [0.29, 0.717) is 0 Å². The van der Waals surface area contributed by atoms with Gasteiger partial charge in [0.05, 0.1) is 17.5 Å². The number of carbonyl (C=O) groups excluding carboxylic acids is 1.